The van der Waals surface area contributed by atoms with Gasteiger partial charge in [0.1, 0.15) is 13.2 Å². The highest BCUT2D eigenvalue weighted by Gasteiger charge is 2.22. The molecular formula is C90H157NO8. The predicted molar refractivity (Wildman–Crippen MR) is 426 cm³/mol. The van der Waals surface area contributed by atoms with Crippen molar-refractivity contribution >= 4 is 17.9 Å². The van der Waals surface area contributed by atoms with Gasteiger partial charge in [0.2, 0.25) is 0 Å². The van der Waals surface area contributed by atoms with Crippen molar-refractivity contribution in [2.45, 2.75) is 386 Å². The summed E-state index contributed by atoms with van der Waals surface area (Å²) < 4.78 is 22.9. The summed E-state index contributed by atoms with van der Waals surface area (Å²) in [6, 6.07) is 0. The van der Waals surface area contributed by atoms with Crippen LogP contribution >= 0.6 is 0 Å². The molecule has 0 heterocycles. The van der Waals surface area contributed by atoms with Gasteiger partial charge in [-0.15, -0.1) is 0 Å². The first-order chi connectivity index (χ1) is 48.6. The van der Waals surface area contributed by atoms with Crippen LogP contribution in [0.4, 0.5) is 0 Å². The van der Waals surface area contributed by atoms with Crippen LogP contribution in [0.1, 0.15) is 373 Å². The molecule has 0 radical (unpaired) electrons. The number of esters is 2. The third-order valence-electron chi connectivity index (χ3n) is 18.2. The number of aliphatic carboxylic acids is 1. The lowest BCUT2D eigenvalue weighted by Gasteiger charge is -2.26. The number of likely N-dealkylation sites (N-methyl/N-ethyl adjacent to an activating group) is 1. The summed E-state index contributed by atoms with van der Waals surface area (Å²) in [5.41, 5.74) is 0. The van der Waals surface area contributed by atoms with Crippen LogP contribution in [-0.2, 0) is 33.3 Å². The Morgan fingerprint density at radius 3 is 0.859 bits per heavy atom. The Bertz CT molecular complexity index is 2050. The topological polar surface area (TPSA) is 111 Å². The zero-order chi connectivity index (χ0) is 71.8. The third-order valence-corrected chi connectivity index (χ3v) is 18.2. The maximum atomic E-state index is 13.0. The highest BCUT2D eigenvalue weighted by molar-refractivity contribution is 5.70. The zero-order valence-electron chi connectivity index (χ0n) is 65.3. The Labute approximate surface area is 612 Å². The van der Waals surface area contributed by atoms with E-state index in [9.17, 15) is 19.5 Å². The highest BCUT2D eigenvalue weighted by atomic mass is 16.7. The first-order valence-electron chi connectivity index (χ1n) is 41.7. The molecule has 9 heteroatoms. The van der Waals surface area contributed by atoms with Crippen LogP contribution in [0.3, 0.4) is 0 Å². The second-order valence-corrected chi connectivity index (χ2v) is 29.0. The number of rotatable bonds is 77. The highest BCUT2D eigenvalue weighted by Crippen LogP contribution is 2.19. The Hall–Kier alpha value is -4.31. The molecule has 0 N–H and O–H groups in total. The van der Waals surface area contributed by atoms with Gasteiger partial charge in [-0.1, -0.05) is 373 Å². The number of ether oxygens (including phenoxy) is 4. The monoisotopic (exact) mass is 1380 g/mol. The number of quaternary nitrogens is 1. The van der Waals surface area contributed by atoms with Gasteiger partial charge in [-0.25, -0.2) is 0 Å². The van der Waals surface area contributed by atoms with E-state index < -0.39 is 24.3 Å². The first-order valence-corrected chi connectivity index (χ1v) is 41.7. The van der Waals surface area contributed by atoms with Gasteiger partial charge in [-0.2, -0.15) is 0 Å². The van der Waals surface area contributed by atoms with Crippen molar-refractivity contribution in [3.63, 3.8) is 0 Å². The zero-order valence-corrected chi connectivity index (χ0v) is 65.3. The first kappa shape index (κ1) is 94.7. The van der Waals surface area contributed by atoms with E-state index >= 15 is 0 Å². The molecule has 0 aliphatic rings. The number of nitrogens with zero attached hydrogens (tertiary/aromatic N) is 1. The van der Waals surface area contributed by atoms with Crippen molar-refractivity contribution in [2.24, 2.45) is 0 Å². The maximum Gasteiger partial charge on any atom is 0.306 e. The van der Waals surface area contributed by atoms with E-state index in [1.807, 2.05) is 21.1 Å². The van der Waals surface area contributed by atoms with Crippen LogP contribution in [0, 0.1) is 0 Å². The van der Waals surface area contributed by atoms with E-state index in [0.29, 0.717) is 23.9 Å². The number of hydrogen-bond acceptors (Lipinski definition) is 8. The molecule has 0 saturated carbocycles. The summed E-state index contributed by atoms with van der Waals surface area (Å²) in [5.74, 6) is -2.27. The van der Waals surface area contributed by atoms with Gasteiger partial charge < -0.3 is 33.3 Å². The summed E-state index contributed by atoms with van der Waals surface area (Å²) in [7, 11) is 5.94. The molecule has 570 valence electrons. The summed E-state index contributed by atoms with van der Waals surface area (Å²) in [6.45, 7) is 4.66. The van der Waals surface area contributed by atoms with E-state index in [-0.39, 0.29) is 32.2 Å². The normalized spacial score (nSPS) is 13.3. The van der Waals surface area contributed by atoms with E-state index in [2.05, 4.69) is 135 Å². The van der Waals surface area contributed by atoms with E-state index in [1.54, 1.807) is 0 Å². The van der Waals surface area contributed by atoms with Crippen molar-refractivity contribution < 1.29 is 42.9 Å². The fourth-order valence-electron chi connectivity index (χ4n) is 11.9. The smallest absolute Gasteiger partial charge is 0.306 e. The largest absolute Gasteiger partial charge is 0.545 e. The minimum atomic E-state index is -1.63. The summed E-state index contributed by atoms with van der Waals surface area (Å²) in [6.07, 6.45) is 110. The molecule has 0 amide bonds. The molecule has 0 aromatic rings. The number of hydrogen-bond donors (Lipinski definition) is 0. The number of carbonyl (C=O) groups is 3. The molecule has 2 atom stereocenters. The standard InChI is InChI=1S/C90H157NO8/c1-6-8-10-12-14-16-18-20-22-24-26-28-30-32-34-36-38-40-42-44-46-48-50-52-54-56-58-60-62-64-66-68-70-72-74-76-78-80-87(92)97-84-86(85-98-90(89(94)95)96-83-82-91(3,4)5)99-88(93)81-79-77-75-73-71-69-67-65-63-61-59-57-55-53-51-49-47-45-43-41-39-37-35-33-31-29-27-25-23-21-19-17-15-13-11-9-7-2/h9,11,15,17-18,20-21,23-24,26-27,29,33,35,39,41,45,47,51,53,86,90H,6-8,10,12-14,16,19,22,25,28,30-32,34,36-38,40,42-44,46,48-50,52,54-85H2,1-5H3/b11-9-,17-15-,20-18-,23-21-,26-24-,29-27-,35-33-,41-39-,47-45-,53-51-. The van der Waals surface area contributed by atoms with Crippen molar-refractivity contribution in [1.82, 2.24) is 0 Å². The fourth-order valence-corrected chi connectivity index (χ4v) is 11.9. The SMILES string of the molecule is CC/C=C\C/C=C\C/C=C\C/C=C\C/C=C\C/C=C\C/C=C\C/C=C\CCCCCCCCCCCCCCC(=O)OC(COC(=O)CCCCCCCCCCCCCCCCCCCCCCCCCCC/C=C\C/C=C\CCCCCCC)COC(OCC[N+](C)(C)C)C(=O)[O-]. The van der Waals surface area contributed by atoms with Crippen LogP contribution in [-0.4, -0.2) is 82.3 Å². The van der Waals surface area contributed by atoms with Crippen molar-refractivity contribution in [3.05, 3.63) is 122 Å². The van der Waals surface area contributed by atoms with Gasteiger partial charge in [-0.05, 0) is 109 Å². The molecule has 0 rings (SSSR count). The molecule has 0 aromatic heterocycles. The van der Waals surface area contributed by atoms with Gasteiger partial charge >= 0.3 is 11.9 Å². The fraction of sp³-hybridized carbons (Fsp3) is 0.744. The molecule has 0 aliphatic heterocycles. The van der Waals surface area contributed by atoms with Gasteiger partial charge in [0.15, 0.2) is 12.4 Å². The molecule has 0 spiro atoms. The molecule has 0 aromatic carbocycles. The summed E-state index contributed by atoms with van der Waals surface area (Å²) in [4.78, 5) is 37.6. The predicted octanol–water partition coefficient (Wildman–Crippen LogP) is 25.7. The molecule has 0 saturated heterocycles. The van der Waals surface area contributed by atoms with Crippen LogP contribution < -0.4 is 5.11 Å². The molecule has 0 fully saturated rings. The van der Waals surface area contributed by atoms with E-state index in [0.717, 1.165) is 96.3 Å². The number of carbonyl (C=O) groups excluding carboxylic acids is 3. The molecular weight excluding hydrogens is 1220 g/mol. The summed E-state index contributed by atoms with van der Waals surface area (Å²) >= 11 is 0. The average molecular weight is 1380 g/mol. The van der Waals surface area contributed by atoms with Crippen molar-refractivity contribution in [3.8, 4) is 0 Å². The van der Waals surface area contributed by atoms with Crippen LogP contribution in [0.15, 0.2) is 122 Å². The van der Waals surface area contributed by atoms with E-state index in [4.69, 9.17) is 18.9 Å². The summed E-state index contributed by atoms with van der Waals surface area (Å²) in [5, 5.41) is 11.9. The second-order valence-electron chi connectivity index (χ2n) is 29.0. The average Bonchev–Trinajstić information content (AvgIpc) is 2.19. The third kappa shape index (κ3) is 80.9. The van der Waals surface area contributed by atoms with Gasteiger partial charge in [0.05, 0.1) is 40.3 Å². The van der Waals surface area contributed by atoms with Gasteiger partial charge in [0.25, 0.3) is 0 Å². The number of allylic oxidation sites excluding steroid dienone is 20. The Kier molecular flexibility index (Phi) is 75.9. The Morgan fingerprint density at radius 2 is 0.576 bits per heavy atom. The van der Waals surface area contributed by atoms with Crippen molar-refractivity contribution in [2.75, 3.05) is 47.5 Å². The van der Waals surface area contributed by atoms with Crippen LogP contribution in [0.2, 0.25) is 0 Å². The van der Waals surface area contributed by atoms with Gasteiger partial charge in [-0.3, -0.25) is 9.59 Å². The second kappa shape index (κ2) is 79.4. The number of carboxylic acids is 1. The van der Waals surface area contributed by atoms with Gasteiger partial charge in [0, 0.05) is 12.8 Å². The van der Waals surface area contributed by atoms with Crippen LogP contribution in [0.25, 0.3) is 0 Å². The Morgan fingerprint density at radius 1 is 0.313 bits per heavy atom. The number of unbranched alkanes of at least 4 members (excludes halogenated alkanes) is 42. The number of carboxylic acid groups (broad SMARTS) is 1. The lowest BCUT2D eigenvalue weighted by molar-refractivity contribution is -0.870. The maximum absolute atomic E-state index is 13.0. The molecule has 0 bridgehead atoms. The minimum Gasteiger partial charge on any atom is -0.545 e. The molecule has 2 unspecified atom stereocenters. The van der Waals surface area contributed by atoms with Crippen LogP contribution in [0.5, 0.6) is 0 Å². The lowest BCUT2D eigenvalue weighted by Crippen LogP contribution is -2.44. The molecule has 99 heavy (non-hydrogen) atoms. The Balaban J connectivity index is 4.01. The minimum absolute atomic E-state index is 0.145. The van der Waals surface area contributed by atoms with E-state index in [1.165, 1.54) is 244 Å². The van der Waals surface area contributed by atoms with Crippen molar-refractivity contribution in [1.29, 1.82) is 0 Å². The molecule has 0 aliphatic carbocycles. The molecule has 9 nitrogen and oxygen atoms in total. The quantitative estimate of drug-likeness (QED) is 0.0195. The lowest BCUT2D eigenvalue weighted by atomic mass is 10.0.